The number of amides is 1. The fraction of sp³-hybridized carbons (Fsp3) is 0.389. The summed E-state index contributed by atoms with van der Waals surface area (Å²) in [6, 6.07) is 12.6. The standard InChI is InChI=1S/C18H22N2O4S/c21-18(19-13-16-6-3-11-24-16)9-10-20-25(22,23)17-8-7-14-4-1-2-5-15(14)12-17/h1-2,4-5,7-8,12,16,20H,3,6,9-11,13H2,(H,19,21). The highest BCUT2D eigenvalue weighted by atomic mass is 32.2. The third kappa shape index (κ3) is 4.78. The van der Waals surface area contributed by atoms with Gasteiger partial charge in [-0.25, -0.2) is 13.1 Å². The molecule has 0 spiro atoms. The molecular weight excluding hydrogens is 340 g/mol. The molecular formula is C18H22N2O4S. The molecule has 0 bridgehead atoms. The van der Waals surface area contributed by atoms with Crippen LogP contribution in [0.25, 0.3) is 10.8 Å². The number of rotatable bonds is 7. The van der Waals surface area contributed by atoms with E-state index in [9.17, 15) is 13.2 Å². The van der Waals surface area contributed by atoms with Crippen molar-refractivity contribution in [1.82, 2.24) is 10.0 Å². The number of benzene rings is 2. The third-order valence-electron chi connectivity index (χ3n) is 4.23. The maximum atomic E-state index is 12.4. The maximum absolute atomic E-state index is 12.4. The minimum Gasteiger partial charge on any atom is -0.376 e. The molecule has 0 aliphatic carbocycles. The largest absolute Gasteiger partial charge is 0.376 e. The first-order valence-corrected chi connectivity index (χ1v) is 9.90. The number of fused-ring (bicyclic) bond motifs is 1. The zero-order valence-corrected chi connectivity index (χ0v) is 14.7. The number of hydrogen-bond donors (Lipinski definition) is 2. The van der Waals surface area contributed by atoms with E-state index in [0.29, 0.717) is 6.54 Å². The summed E-state index contributed by atoms with van der Waals surface area (Å²) in [5, 5.41) is 4.62. The van der Waals surface area contributed by atoms with Gasteiger partial charge in [0.2, 0.25) is 15.9 Å². The van der Waals surface area contributed by atoms with E-state index in [0.717, 1.165) is 30.2 Å². The number of hydrogen-bond acceptors (Lipinski definition) is 4. The molecule has 3 rings (SSSR count). The number of ether oxygens (including phenoxy) is 1. The van der Waals surface area contributed by atoms with Gasteiger partial charge in [0.25, 0.3) is 0 Å². The molecule has 1 amide bonds. The molecule has 1 atom stereocenters. The van der Waals surface area contributed by atoms with Gasteiger partial charge in [0.1, 0.15) is 0 Å². The lowest BCUT2D eigenvalue weighted by Gasteiger charge is -2.11. The van der Waals surface area contributed by atoms with Gasteiger partial charge in [-0.05, 0) is 35.7 Å². The van der Waals surface area contributed by atoms with Gasteiger partial charge < -0.3 is 10.1 Å². The molecule has 6 nitrogen and oxygen atoms in total. The van der Waals surface area contributed by atoms with E-state index in [2.05, 4.69) is 10.0 Å². The molecule has 0 radical (unpaired) electrons. The van der Waals surface area contributed by atoms with Crippen LogP contribution in [-0.2, 0) is 19.6 Å². The number of carbonyl (C=O) groups is 1. The molecule has 7 heteroatoms. The summed E-state index contributed by atoms with van der Waals surface area (Å²) < 4.78 is 32.6. The molecule has 1 unspecified atom stereocenters. The summed E-state index contributed by atoms with van der Waals surface area (Å²) in [4.78, 5) is 12.0. The highest BCUT2D eigenvalue weighted by Gasteiger charge is 2.17. The van der Waals surface area contributed by atoms with Crippen LogP contribution in [0.2, 0.25) is 0 Å². The van der Waals surface area contributed by atoms with Crippen molar-refractivity contribution in [2.75, 3.05) is 19.7 Å². The van der Waals surface area contributed by atoms with Gasteiger partial charge >= 0.3 is 0 Å². The number of carbonyl (C=O) groups excluding carboxylic acids is 1. The fourth-order valence-electron chi connectivity index (χ4n) is 2.84. The Morgan fingerprint density at radius 3 is 2.72 bits per heavy atom. The first-order chi connectivity index (χ1) is 12.0. The third-order valence-corrected chi connectivity index (χ3v) is 5.68. The molecule has 25 heavy (non-hydrogen) atoms. The van der Waals surface area contributed by atoms with Crippen molar-refractivity contribution in [3.8, 4) is 0 Å². The van der Waals surface area contributed by atoms with Gasteiger partial charge in [-0.2, -0.15) is 0 Å². The molecule has 0 saturated carbocycles. The highest BCUT2D eigenvalue weighted by Crippen LogP contribution is 2.18. The fourth-order valence-corrected chi connectivity index (χ4v) is 3.90. The molecule has 2 aromatic carbocycles. The van der Waals surface area contributed by atoms with Crippen molar-refractivity contribution in [1.29, 1.82) is 0 Å². The number of nitrogens with one attached hydrogen (secondary N) is 2. The predicted molar refractivity (Wildman–Crippen MR) is 95.7 cm³/mol. The first-order valence-electron chi connectivity index (χ1n) is 8.41. The van der Waals surface area contributed by atoms with Crippen molar-refractivity contribution in [3.63, 3.8) is 0 Å². The quantitative estimate of drug-likeness (QED) is 0.787. The van der Waals surface area contributed by atoms with E-state index >= 15 is 0 Å². The Balaban J connectivity index is 1.51. The second kappa shape index (κ2) is 7.95. The lowest BCUT2D eigenvalue weighted by atomic mass is 10.1. The average molecular weight is 362 g/mol. The van der Waals surface area contributed by atoms with E-state index in [-0.39, 0.29) is 29.9 Å². The second-order valence-corrected chi connectivity index (χ2v) is 7.86. The summed E-state index contributed by atoms with van der Waals surface area (Å²) >= 11 is 0. The van der Waals surface area contributed by atoms with E-state index in [4.69, 9.17) is 4.74 Å². The van der Waals surface area contributed by atoms with Crippen LogP contribution >= 0.6 is 0 Å². The van der Waals surface area contributed by atoms with Crippen molar-refractivity contribution in [3.05, 3.63) is 42.5 Å². The van der Waals surface area contributed by atoms with Crippen LogP contribution in [0.1, 0.15) is 19.3 Å². The molecule has 1 heterocycles. The van der Waals surface area contributed by atoms with E-state index in [1.807, 2.05) is 24.3 Å². The molecule has 1 aliphatic heterocycles. The molecule has 2 aromatic rings. The van der Waals surface area contributed by atoms with Crippen LogP contribution < -0.4 is 10.0 Å². The summed E-state index contributed by atoms with van der Waals surface area (Å²) in [7, 11) is -3.63. The van der Waals surface area contributed by atoms with Crippen LogP contribution in [0.15, 0.2) is 47.4 Å². The SMILES string of the molecule is O=C(CCNS(=O)(=O)c1ccc2ccccc2c1)NCC1CCCO1. The zero-order valence-electron chi connectivity index (χ0n) is 13.9. The minimum absolute atomic E-state index is 0.0620. The first kappa shape index (κ1) is 17.8. The Bertz CT molecular complexity index is 845. The zero-order chi connectivity index (χ0) is 17.7. The molecule has 1 aliphatic rings. The smallest absolute Gasteiger partial charge is 0.240 e. The van der Waals surface area contributed by atoms with E-state index < -0.39 is 10.0 Å². The van der Waals surface area contributed by atoms with Gasteiger partial charge in [0, 0.05) is 26.1 Å². The van der Waals surface area contributed by atoms with Crippen molar-refractivity contribution in [2.45, 2.75) is 30.3 Å². The van der Waals surface area contributed by atoms with Gasteiger partial charge in [-0.15, -0.1) is 0 Å². The van der Waals surface area contributed by atoms with Gasteiger partial charge in [-0.3, -0.25) is 4.79 Å². The van der Waals surface area contributed by atoms with Gasteiger partial charge in [0.15, 0.2) is 0 Å². The summed E-state index contributed by atoms with van der Waals surface area (Å²) in [5.41, 5.74) is 0. The van der Waals surface area contributed by atoms with Crippen LogP contribution in [-0.4, -0.2) is 40.1 Å². The Labute approximate surface area is 147 Å². The van der Waals surface area contributed by atoms with Crippen LogP contribution in [0, 0.1) is 0 Å². The topological polar surface area (TPSA) is 84.5 Å². The second-order valence-electron chi connectivity index (χ2n) is 6.10. The minimum atomic E-state index is -3.63. The van der Waals surface area contributed by atoms with Gasteiger partial charge in [0.05, 0.1) is 11.0 Å². The van der Waals surface area contributed by atoms with Crippen LogP contribution in [0.5, 0.6) is 0 Å². The molecule has 0 aromatic heterocycles. The van der Waals surface area contributed by atoms with Gasteiger partial charge in [-0.1, -0.05) is 30.3 Å². The highest BCUT2D eigenvalue weighted by molar-refractivity contribution is 7.89. The lowest BCUT2D eigenvalue weighted by molar-refractivity contribution is -0.121. The average Bonchev–Trinajstić information content (AvgIpc) is 3.13. The Hall–Kier alpha value is -1.96. The van der Waals surface area contributed by atoms with Crippen LogP contribution in [0.4, 0.5) is 0 Å². The number of sulfonamides is 1. The molecule has 1 fully saturated rings. The Morgan fingerprint density at radius 2 is 1.96 bits per heavy atom. The summed E-state index contributed by atoms with van der Waals surface area (Å²) in [6.07, 6.45) is 2.15. The van der Waals surface area contributed by atoms with Crippen LogP contribution in [0.3, 0.4) is 0 Å². The lowest BCUT2D eigenvalue weighted by Crippen LogP contribution is -2.34. The molecule has 134 valence electrons. The van der Waals surface area contributed by atoms with Crippen molar-refractivity contribution < 1.29 is 17.9 Å². The summed E-state index contributed by atoms with van der Waals surface area (Å²) in [6.45, 7) is 1.29. The Morgan fingerprint density at radius 1 is 1.16 bits per heavy atom. The van der Waals surface area contributed by atoms with Crippen molar-refractivity contribution >= 4 is 26.7 Å². The normalized spacial score (nSPS) is 17.7. The maximum Gasteiger partial charge on any atom is 0.240 e. The monoisotopic (exact) mass is 362 g/mol. The summed E-state index contributed by atoms with van der Waals surface area (Å²) in [5.74, 6) is -0.184. The molecule has 2 N–H and O–H groups in total. The van der Waals surface area contributed by atoms with Crippen molar-refractivity contribution in [2.24, 2.45) is 0 Å². The predicted octanol–water partition coefficient (Wildman–Crippen LogP) is 1.80. The van der Waals surface area contributed by atoms with E-state index in [1.165, 1.54) is 0 Å². The molecule has 1 saturated heterocycles. The Kier molecular flexibility index (Phi) is 5.67. The van der Waals surface area contributed by atoms with E-state index in [1.54, 1.807) is 18.2 Å².